The van der Waals surface area contributed by atoms with E-state index in [0.717, 1.165) is 25.5 Å². The molecule has 0 aliphatic rings. The molecular formula is C18H32N4O. The molecule has 0 saturated carbocycles. The van der Waals surface area contributed by atoms with E-state index in [0.29, 0.717) is 13.2 Å². The number of aryl methyl sites for hydroxylation is 1. The summed E-state index contributed by atoms with van der Waals surface area (Å²) < 4.78 is 5.07. The second-order valence-electron chi connectivity index (χ2n) is 5.71. The Bertz CT molecular complexity index is 457. The van der Waals surface area contributed by atoms with Crippen LogP contribution < -0.4 is 10.6 Å². The standard InChI is InChI=1S/C18H32N4O/c1-6-15-8-10-16(11-9-15)17(22(3)4)14-21-18(19-7-2)20-12-13-23-5/h8-11,17H,6-7,12-14H2,1-5H3,(H2,19,20,21). The summed E-state index contributed by atoms with van der Waals surface area (Å²) in [6.45, 7) is 7.22. The van der Waals surface area contributed by atoms with E-state index in [4.69, 9.17) is 9.73 Å². The topological polar surface area (TPSA) is 48.9 Å². The van der Waals surface area contributed by atoms with Gasteiger partial charge < -0.3 is 20.3 Å². The zero-order chi connectivity index (χ0) is 17.1. The first kappa shape index (κ1) is 19.5. The Kier molecular flexibility index (Phi) is 9.33. The van der Waals surface area contributed by atoms with Crippen molar-refractivity contribution in [2.75, 3.05) is 47.4 Å². The highest BCUT2D eigenvalue weighted by atomic mass is 16.5. The van der Waals surface area contributed by atoms with E-state index in [1.54, 1.807) is 7.11 Å². The fourth-order valence-corrected chi connectivity index (χ4v) is 2.33. The first-order chi connectivity index (χ1) is 11.1. The minimum absolute atomic E-state index is 0.263. The average molecular weight is 320 g/mol. The Morgan fingerprint density at radius 2 is 1.87 bits per heavy atom. The zero-order valence-corrected chi connectivity index (χ0v) is 15.2. The number of ether oxygens (including phenoxy) is 1. The van der Waals surface area contributed by atoms with Crippen molar-refractivity contribution < 1.29 is 4.74 Å². The quantitative estimate of drug-likeness (QED) is 0.415. The predicted octanol–water partition coefficient (Wildman–Crippen LogP) is 2.05. The van der Waals surface area contributed by atoms with Crippen LogP contribution in [0.5, 0.6) is 0 Å². The van der Waals surface area contributed by atoms with Crippen molar-refractivity contribution in [1.29, 1.82) is 0 Å². The highest BCUT2D eigenvalue weighted by molar-refractivity contribution is 5.79. The monoisotopic (exact) mass is 320 g/mol. The maximum atomic E-state index is 5.07. The van der Waals surface area contributed by atoms with Crippen LogP contribution in [0.4, 0.5) is 0 Å². The second kappa shape index (κ2) is 11.0. The molecule has 1 aromatic carbocycles. The van der Waals surface area contributed by atoms with E-state index < -0.39 is 0 Å². The van der Waals surface area contributed by atoms with Crippen molar-refractivity contribution >= 4 is 5.96 Å². The molecule has 2 N–H and O–H groups in total. The van der Waals surface area contributed by atoms with E-state index in [1.165, 1.54) is 11.1 Å². The molecule has 1 aromatic rings. The molecule has 23 heavy (non-hydrogen) atoms. The molecule has 1 rings (SSSR count). The van der Waals surface area contributed by atoms with Gasteiger partial charge in [-0.3, -0.25) is 4.99 Å². The Balaban J connectivity index is 2.77. The van der Waals surface area contributed by atoms with E-state index in [-0.39, 0.29) is 6.04 Å². The Labute approximate surface area is 141 Å². The van der Waals surface area contributed by atoms with E-state index >= 15 is 0 Å². The molecule has 0 fully saturated rings. The fourth-order valence-electron chi connectivity index (χ4n) is 2.33. The lowest BCUT2D eigenvalue weighted by Crippen LogP contribution is -2.39. The van der Waals surface area contributed by atoms with Crippen LogP contribution in [0, 0.1) is 0 Å². The molecular weight excluding hydrogens is 288 g/mol. The van der Waals surface area contributed by atoms with Crippen molar-refractivity contribution in [3.8, 4) is 0 Å². The third-order valence-electron chi connectivity index (χ3n) is 3.76. The Morgan fingerprint density at radius 1 is 1.17 bits per heavy atom. The number of rotatable bonds is 9. The fraction of sp³-hybridized carbons (Fsp3) is 0.611. The van der Waals surface area contributed by atoms with Crippen molar-refractivity contribution in [1.82, 2.24) is 15.5 Å². The largest absolute Gasteiger partial charge is 0.383 e. The number of likely N-dealkylation sites (N-methyl/N-ethyl adjacent to an activating group) is 1. The number of benzene rings is 1. The summed E-state index contributed by atoms with van der Waals surface area (Å²) in [7, 11) is 5.90. The van der Waals surface area contributed by atoms with Gasteiger partial charge in [0.25, 0.3) is 0 Å². The van der Waals surface area contributed by atoms with Crippen LogP contribution in [0.1, 0.15) is 31.0 Å². The molecule has 0 spiro atoms. The summed E-state index contributed by atoms with van der Waals surface area (Å²) >= 11 is 0. The van der Waals surface area contributed by atoms with Crippen LogP contribution >= 0.6 is 0 Å². The predicted molar refractivity (Wildman–Crippen MR) is 98.1 cm³/mol. The second-order valence-corrected chi connectivity index (χ2v) is 5.71. The number of aliphatic imine (C=N–C) groups is 1. The van der Waals surface area contributed by atoms with Gasteiger partial charge in [0, 0.05) is 20.2 Å². The minimum Gasteiger partial charge on any atom is -0.383 e. The molecule has 0 radical (unpaired) electrons. The van der Waals surface area contributed by atoms with Gasteiger partial charge in [0.15, 0.2) is 5.96 Å². The summed E-state index contributed by atoms with van der Waals surface area (Å²) in [5.41, 5.74) is 2.66. The molecule has 0 aliphatic heterocycles. The molecule has 0 bridgehead atoms. The lowest BCUT2D eigenvalue weighted by Gasteiger charge is -2.24. The molecule has 1 unspecified atom stereocenters. The van der Waals surface area contributed by atoms with E-state index in [1.807, 2.05) is 0 Å². The molecule has 5 nitrogen and oxygen atoms in total. The van der Waals surface area contributed by atoms with Crippen LogP contribution in [-0.2, 0) is 11.2 Å². The van der Waals surface area contributed by atoms with Crippen LogP contribution in [-0.4, -0.2) is 58.3 Å². The van der Waals surface area contributed by atoms with Gasteiger partial charge in [0.1, 0.15) is 0 Å². The average Bonchev–Trinajstić information content (AvgIpc) is 2.55. The van der Waals surface area contributed by atoms with E-state index in [2.05, 4.69) is 67.7 Å². The van der Waals surface area contributed by atoms with Crippen molar-refractivity contribution in [2.24, 2.45) is 4.99 Å². The van der Waals surface area contributed by atoms with Gasteiger partial charge in [-0.1, -0.05) is 31.2 Å². The summed E-state index contributed by atoms with van der Waals surface area (Å²) in [5, 5.41) is 6.55. The summed E-state index contributed by atoms with van der Waals surface area (Å²) in [6.07, 6.45) is 1.07. The van der Waals surface area contributed by atoms with Crippen LogP contribution in [0.3, 0.4) is 0 Å². The van der Waals surface area contributed by atoms with Gasteiger partial charge in [-0.2, -0.15) is 0 Å². The number of hydrogen-bond donors (Lipinski definition) is 2. The number of methoxy groups -OCH3 is 1. The first-order valence-electron chi connectivity index (χ1n) is 8.38. The maximum absolute atomic E-state index is 5.07. The van der Waals surface area contributed by atoms with Gasteiger partial charge in [0.2, 0.25) is 0 Å². The van der Waals surface area contributed by atoms with E-state index in [9.17, 15) is 0 Å². The number of guanidine groups is 1. The van der Waals surface area contributed by atoms with Gasteiger partial charge >= 0.3 is 0 Å². The summed E-state index contributed by atoms with van der Waals surface area (Å²) in [4.78, 5) is 6.93. The van der Waals surface area contributed by atoms with Crippen LogP contribution in [0.2, 0.25) is 0 Å². The lowest BCUT2D eigenvalue weighted by molar-refractivity contribution is 0.203. The van der Waals surface area contributed by atoms with Gasteiger partial charge in [-0.15, -0.1) is 0 Å². The molecule has 0 aliphatic carbocycles. The van der Waals surface area contributed by atoms with Gasteiger partial charge in [-0.25, -0.2) is 0 Å². The Morgan fingerprint density at radius 3 is 2.39 bits per heavy atom. The normalized spacial score (nSPS) is 13.2. The van der Waals surface area contributed by atoms with Crippen molar-refractivity contribution in [3.05, 3.63) is 35.4 Å². The Hall–Kier alpha value is -1.59. The molecule has 5 heteroatoms. The number of nitrogens with one attached hydrogen (secondary N) is 2. The molecule has 130 valence electrons. The third-order valence-corrected chi connectivity index (χ3v) is 3.76. The van der Waals surface area contributed by atoms with Crippen molar-refractivity contribution in [2.45, 2.75) is 26.3 Å². The maximum Gasteiger partial charge on any atom is 0.191 e. The summed E-state index contributed by atoms with van der Waals surface area (Å²) in [5.74, 6) is 0.835. The highest BCUT2D eigenvalue weighted by Crippen LogP contribution is 2.19. The number of nitrogens with zero attached hydrogens (tertiary/aromatic N) is 2. The van der Waals surface area contributed by atoms with Gasteiger partial charge in [0.05, 0.1) is 19.2 Å². The van der Waals surface area contributed by atoms with Gasteiger partial charge in [-0.05, 0) is 38.6 Å². The lowest BCUT2D eigenvalue weighted by atomic mass is 10.0. The third kappa shape index (κ3) is 7.01. The SMILES string of the molecule is CCNC(=NCC(c1ccc(CC)cc1)N(C)C)NCCOC. The smallest absolute Gasteiger partial charge is 0.191 e. The molecule has 0 saturated heterocycles. The minimum atomic E-state index is 0.263. The zero-order valence-electron chi connectivity index (χ0n) is 15.2. The summed E-state index contributed by atoms with van der Waals surface area (Å²) in [6, 6.07) is 9.10. The molecule has 1 atom stereocenters. The number of hydrogen-bond acceptors (Lipinski definition) is 3. The van der Waals surface area contributed by atoms with Crippen LogP contribution in [0.15, 0.2) is 29.3 Å². The molecule has 0 amide bonds. The first-order valence-corrected chi connectivity index (χ1v) is 8.38. The van der Waals surface area contributed by atoms with Crippen molar-refractivity contribution in [3.63, 3.8) is 0 Å². The van der Waals surface area contributed by atoms with Crippen LogP contribution in [0.25, 0.3) is 0 Å². The molecule has 0 aromatic heterocycles. The highest BCUT2D eigenvalue weighted by Gasteiger charge is 2.14. The molecule has 0 heterocycles.